The molecular weight excluding hydrogens is 234 g/mol. The summed E-state index contributed by atoms with van der Waals surface area (Å²) in [6.07, 6.45) is 0. The van der Waals surface area contributed by atoms with Gasteiger partial charge in [0.1, 0.15) is 11.6 Å². The largest absolute Gasteiger partial charge is 0.495 e. The van der Waals surface area contributed by atoms with Crippen molar-refractivity contribution in [3.05, 3.63) is 27.4 Å². The Kier molecular flexibility index (Phi) is 2.73. The second-order valence-electron chi connectivity index (χ2n) is 1.90. The third kappa shape index (κ3) is 1.84. The van der Waals surface area contributed by atoms with Crippen molar-refractivity contribution in [2.45, 2.75) is 0 Å². The average Bonchev–Trinajstić information content (AvgIpc) is 1.96. The molecule has 0 aliphatic carbocycles. The molecule has 1 aromatic rings. The molecule has 0 aliphatic rings. The fraction of sp³-hybridized carbons (Fsp3) is 0.143. The molecule has 0 atom stereocenters. The van der Waals surface area contributed by atoms with Gasteiger partial charge in [0.2, 0.25) is 0 Å². The molecule has 4 heteroatoms. The zero-order valence-corrected chi connectivity index (χ0v) is 8.04. The third-order valence-corrected chi connectivity index (χ3v) is 2.52. The summed E-state index contributed by atoms with van der Waals surface area (Å²) in [6, 6.07) is 2.48. The van der Waals surface area contributed by atoms with Gasteiger partial charge in [0, 0.05) is 6.07 Å². The molecule has 1 rings (SSSR count). The maximum Gasteiger partial charge on any atom is 0.137 e. The van der Waals surface area contributed by atoms with E-state index in [0.29, 0.717) is 15.2 Å². The van der Waals surface area contributed by atoms with E-state index in [-0.39, 0.29) is 0 Å². The van der Waals surface area contributed by atoms with Crippen LogP contribution in [0, 0.1) is 5.82 Å². The smallest absolute Gasteiger partial charge is 0.137 e. The lowest BCUT2D eigenvalue weighted by Gasteiger charge is -2.03. The van der Waals surface area contributed by atoms with Crippen LogP contribution in [0.2, 0.25) is 5.02 Å². The predicted molar refractivity (Wildman–Crippen MR) is 45.7 cm³/mol. The second kappa shape index (κ2) is 3.41. The summed E-state index contributed by atoms with van der Waals surface area (Å²) in [6.45, 7) is 0. The number of ether oxygens (including phenoxy) is 1. The number of halogens is 3. The van der Waals surface area contributed by atoms with Gasteiger partial charge in [-0.2, -0.15) is 0 Å². The number of hydrogen-bond acceptors (Lipinski definition) is 1. The minimum Gasteiger partial charge on any atom is -0.495 e. The Hall–Kier alpha value is -0.280. The highest BCUT2D eigenvalue weighted by atomic mass is 79.9. The molecule has 0 radical (unpaired) electrons. The van der Waals surface area contributed by atoms with Crippen LogP contribution < -0.4 is 4.74 Å². The van der Waals surface area contributed by atoms with Crippen molar-refractivity contribution in [2.24, 2.45) is 0 Å². The number of rotatable bonds is 1. The summed E-state index contributed by atoms with van der Waals surface area (Å²) in [4.78, 5) is 0. The first kappa shape index (κ1) is 8.81. The lowest BCUT2D eigenvalue weighted by molar-refractivity contribution is 0.408. The van der Waals surface area contributed by atoms with Crippen LogP contribution >= 0.6 is 27.5 Å². The van der Waals surface area contributed by atoms with Crippen LogP contribution in [0.4, 0.5) is 4.39 Å². The molecule has 0 saturated heterocycles. The number of hydrogen-bond donors (Lipinski definition) is 0. The summed E-state index contributed by atoms with van der Waals surface area (Å²) in [5.74, 6) is -0.00921. The van der Waals surface area contributed by atoms with Crippen molar-refractivity contribution in [3.63, 3.8) is 0 Å². The van der Waals surface area contributed by atoms with Crippen LogP contribution in [0.25, 0.3) is 0 Å². The Morgan fingerprint density at radius 3 is 2.73 bits per heavy atom. The van der Waals surface area contributed by atoms with E-state index in [0.717, 1.165) is 0 Å². The highest BCUT2D eigenvalue weighted by Crippen LogP contribution is 2.32. The van der Waals surface area contributed by atoms with Gasteiger partial charge in [0.15, 0.2) is 0 Å². The van der Waals surface area contributed by atoms with Crippen LogP contribution in [0.1, 0.15) is 0 Å². The first-order valence-corrected chi connectivity index (χ1v) is 4.00. The summed E-state index contributed by atoms with van der Waals surface area (Å²) in [7, 11) is 1.45. The van der Waals surface area contributed by atoms with Gasteiger partial charge in [-0.3, -0.25) is 0 Å². The van der Waals surface area contributed by atoms with Crippen molar-refractivity contribution in [3.8, 4) is 5.75 Å². The lowest BCUT2D eigenvalue weighted by Crippen LogP contribution is -1.86. The summed E-state index contributed by atoms with van der Waals surface area (Å²) >= 11 is 8.78. The molecule has 11 heavy (non-hydrogen) atoms. The molecule has 0 saturated carbocycles. The molecule has 0 spiro atoms. The normalized spacial score (nSPS) is 9.82. The first-order chi connectivity index (χ1) is 5.15. The van der Waals surface area contributed by atoms with Crippen molar-refractivity contribution in [1.29, 1.82) is 0 Å². The Balaban J connectivity index is 3.24. The number of benzene rings is 1. The lowest BCUT2D eigenvalue weighted by atomic mass is 10.3. The van der Waals surface area contributed by atoms with Gasteiger partial charge in [-0.25, -0.2) is 4.39 Å². The Morgan fingerprint density at radius 1 is 1.55 bits per heavy atom. The maximum absolute atomic E-state index is 12.6. The monoisotopic (exact) mass is 238 g/mol. The average molecular weight is 239 g/mol. The van der Waals surface area contributed by atoms with E-state index >= 15 is 0 Å². The highest BCUT2D eigenvalue weighted by Gasteiger charge is 2.06. The van der Waals surface area contributed by atoms with Crippen molar-refractivity contribution in [2.75, 3.05) is 7.11 Å². The van der Waals surface area contributed by atoms with Gasteiger partial charge in [-0.05, 0) is 22.0 Å². The highest BCUT2D eigenvalue weighted by molar-refractivity contribution is 9.10. The fourth-order valence-electron chi connectivity index (χ4n) is 0.681. The molecule has 0 N–H and O–H groups in total. The van der Waals surface area contributed by atoms with Gasteiger partial charge < -0.3 is 4.74 Å². The zero-order valence-electron chi connectivity index (χ0n) is 5.70. The molecular formula is C7H5BrClFO. The molecule has 0 bridgehead atoms. The van der Waals surface area contributed by atoms with E-state index in [2.05, 4.69) is 15.9 Å². The topological polar surface area (TPSA) is 9.23 Å². The number of methoxy groups -OCH3 is 1. The van der Waals surface area contributed by atoms with E-state index in [1.807, 2.05) is 0 Å². The van der Waals surface area contributed by atoms with Crippen molar-refractivity contribution < 1.29 is 9.13 Å². The van der Waals surface area contributed by atoms with Gasteiger partial charge >= 0.3 is 0 Å². The molecule has 60 valence electrons. The van der Waals surface area contributed by atoms with Gasteiger partial charge in [-0.1, -0.05) is 11.6 Å². The summed E-state index contributed by atoms with van der Waals surface area (Å²) < 4.78 is 18.0. The van der Waals surface area contributed by atoms with E-state index in [1.165, 1.54) is 19.2 Å². The van der Waals surface area contributed by atoms with Crippen LogP contribution in [0.3, 0.4) is 0 Å². The Labute approximate surface area is 77.2 Å². The standard InChI is InChI=1S/C7H5BrClFO/c1-11-6-3-4(10)2-5(9)7(6)8/h2-3H,1H3. The van der Waals surface area contributed by atoms with Gasteiger partial charge in [0.25, 0.3) is 0 Å². The summed E-state index contributed by atoms with van der Waals surface area (Å²) in [5.41, 5.74) is 0. The molecule has 0 amide bonds. The quantitative estimate of drug-likeness (QED) is 0.684. The van der Waals surface area contributed by atoms with Crippen LogP contribution in [0.5, 0.6) is 5.75 Å². The van der Waals surface area contributed by atoms with E-state index in [4.69, 9.17) is 16.3 Å². The third-order valence-electron chi connectivity index (χ3n) is 1.18. The van der Waals surface area contributed by atoms with Crippen molar-refractivity contribution >= 4 is 27.5 Å². The molecule has 0 aromatic heterocycles. The SMILES string of the molecule is COc1cc(F)cc(Cl)c1Br. The van der Waals surface area contributed by atoms with Crippen LogP contribution in [0.15, 0.2) is 16.6 Å². The molecule has 1 nitrogen and oxygen atoms in total. The Bertz CT molecular complexity index is 277. The van der Waals surface area contributed by atoms with E-state index in [9.17, 15) is 4.39 Å². The summed E-state index contributed by atoms with van der Waals surface area (Å²) in [5, 5.41) is 0.307. The molecule has 0 unspecified atom stereocenters. The fourth-order valence-corrected chi connectivity index (χ4v) is 1.27. The molecule has 1 aromatic carbocycles. The second-order valence-corrected chi connectivity index (χ2v) is 3.10. The molecule has 0 aliphatic heterocycles. The van der Waals surface area contributed by atoms with Gasteiger partial charge in [-0.15, -0.1) is 0 Å². The van der Waals surface area contributed by atoms with Crippen LogP contribution in [-0.2, 0) is 0 Å². The minimum absolute atomic E-state index is 0.307. The molecule has 0 fully saturated rings. The minimum atomic E-state index is -0.407. The van der Waals surface area contributed by atoms with Gasteiger partial charge in [0.05, 0.1) is 16.6 Å². The Morgan fingerprint density at radius 2 is 2.18 bits per heavy atom. The van der Waals surface area contributed by atoms with E-state index < -0.39 is 5.82 Å². The van der Waals surface area contributed by atoms with Crippen molar-refractivity contribution in [1.82, 2.24) is 0 Å². The molecule has 0 heterocycles. The predicted octanol–water partition coefficient (Wildman–Crippen LogP) is 3.25. The zero-order chi connectivity index (χ0) is 8.43. The van der Waals surface area contributed by atoms with Crippen LogP contribution in [-0.4, -0.2) is 7.11 Å². The maximum atomic E-state index is 12.6. The van der Waals surface area contributed by atoms with E-state index in [1.54, 1.807) is 0 Å². The first-order valence-electron chi connectivity index (χ1n) is 2.83.